The maximum Gasteiger partial charge on any atom is 0.243 e. The van der Waals surface area contributed by atoms with Crippen molar-refractivity contribution in [2.75, 3.05) is 6.54 Å². The Hall–Kier alpha value is -1.62. The maximum atomic E-state index is 13.1. The Morgan fingerprint density at radius 2 is 2.14 bits per heavy atom. The van der Waals surface area contributed by atoms with Gasteiger partial charge in [0.2, 0.25) is 11.8 Å². The average Bonchev–Trinajstić information content (AvgIpc) is 2.40. The summed E-state index contributed by atoms with van der Waals surface area (Å²) in [5.41, 5.74) is 0.634. The van der Waals surface area contributed by atoms with Gasteiger partial charge in [-0.05, 0) is 30.0 Å². The Kier molecular flexibility index (Phi) is 4.83. The predicted octanol–water partition coefficient (Wildman–Crippen LogP) is 2.35. The minimum atomic E-state index is -0.507. The molecule has 1 unspecified atom stereocenters. The number of carbonyl (C=O) groups is 2. The lowest BCUT2D eigenvalue weighted by molar-refractivity contribution is -0.146. The van der Waals surface area contributed by atoms with Crippen LogP contribution in [0.3, 0.4) is 0 Å². The molecule has 1 atom stereocenters. The standard InChI is InChI=1S/C15H18ClFN2O2/c1-9(2)5-13-15(21)18-7-14(20)19(13)8-10-3-4-11(17)6-12(10)16/h3-4,6,9,13H,5,7-8H2,1-2H3,(H,18,21). The van der Waals surface area contributed by atoms with Crippen LogP contribution >= 0.6 is 11.6 Å². The third-order valence-corrected chi connectivity index (χ3v) is 3.82. The van der Waals surface area contributed by atoms with Crippen molar-refractivity contribution in [1.29, 1.82) is 0 Å². The van der Waals surface area contributed by atoms with Crippen molar-refractivity contribution in [1.82, 2.24) is 10.2 Å². The second-order valence-corrected chi connectivity index (χ2v) is 6.03. The van der Waals surface area contributed by atoms with E-state index in [2.05, 4.69) is 5.32 Å². The molecular formula is C15H18ClFN2O2. The molecule has 1 fully saturated rings. The van der Waals surface area contributed by atoms with Crippen molar-refractivity contribution >= 4 is 23.4 Å². The van der Waals surface area contributed by atoms with Gasteiger partial charge in [-0.1, -0.05) is 31.5 Å². The van der Waals surface area contributed by atoms with Gasteiger partial charge in [-0.15, -0.1) is 0 Å². The van der Waals surface area contributed by atoms with Gasteiger partial charge in [0.25, 0.3) is 0 Å². The fraction of sp³-hybridized carbons (Fsp3) is 0.467. The highest BCUT2D eigenvalue weighted by atomic mass is 35.5. The van der Waals surface area contributed by atoms with Gasteiger partial charge < -0.3 is 10.2 Å². The second kappa shape index (κ2) is 6.43. The molecule has 1 saturated heterocycles. The zero-order chi connectivity index (χ0) is 15.6. The summed E-state index contributed by atoms with van der Waals surface area (Å²) < 4.78 is 13.1. The number of piperazine rings is 1. The van der Waals surface area contributed by atoms with Crippen molar-refractivity contribution in [2.24, 2.45) is 5.92 Å². The third-order valence-electron chi connectivity index (χ3n) is 3.46. The van der Waals surface area contributed by atoms with Gasteiger partial charge in [0, 0.05) is 11.6 Å². The summed E-state index contributed by atoms with van der Waals surface area (Å²) in [7, 11) is 0. The molecular weight excluding hydrogens is 295 g/mol. The first-order chi connectivity index (χ1) is 9.88. The minimum Gasteiger partial charge on any atom is -0.345 e. The smallest absolute Gasteiger partial charge is 0.243 e. The summed E-state index contributed by atoms with van der Waals surface area (Å²) in [6.07, 6.45) is 0.580. The van der Waals surface area contributed by atoms with E-state index in [1.165, 1.54) is 17.0 Å². The third kappa shape index (κ3) is 3.73. The van der Waals surface area contributed by atoms with Gasteiger partial charge >= 0.3 is 0 Å². The molecule has 2 amide bonds. The number of hydrogen-bond donors (Lipinski definition) is 1. The molecule has 1 aliphatic rings. The summed E-state index contributed by atoms with van der Waals surface area (Å²) in [5.74, 6) is -0.454. The van der Waals surface area contributed by atoms with Crippen LogP contribution in [-0.4, -0.2) is 29.3 Å². The zero-order valence-electron chi connectivity index (χ0n) is 12.0. The van der Waals surface area contributed by atoms with Crippen LogP contribution in [-0.2, 0) is 16.1 Å². The number of rotatable bonds is 4. The van der Waals surface area contributed by atoms with E-state index in [4.69, 9.17) is 11.6 Å². The molecule has 6 heteroatoms. The van der Waals surface area contributed by atoms with Crippen molar-refractivity contribution in [2.45, 2.75) is 32.9 Å². The molecule has 4 nitrogen and oxygen atoms in total. The van der Waals surface area contributed by atoms with Crippen LogP contribution < -0.4 is 5.32 Å². The largest absolute Gasteiger partial charge is 0.345 e. The monoisotopic (exact) mass is 312 g/mol. The molecule has 21 heavy (non-hydrogen) atoms. The van der Waals surface area contributed by atoms with Crippen molar-refractivity contribution in [3.63, 3.8) is 0 Å². The number of nitrogens with zero attached hydrogens (tertiary/aromatic N) is 1. The molecule has 1 aromatic rings. The Morgan fingerprint density at radius 1 is 1.43 bits per heavy atom. The van der Waals surface area contributed by atoms with Crippen LogP contribution in [0, 0.1) is 11.7 Å². The molecule has 1 aliphatic heterocycles. The average molecular weight is 313 g/mol. The lowest BCUT2D eigenvalue weighted by Crippen LogP contribution is -2.58. The summed E-state index contributed by atoms with van der Waals surface area (Å²) in [5, 5.41) is 2.86. The zero-order valence-corrected chi connectivity index (χ0v) is 12.8. The van der Waals surface area contributed by atoms with Gasteiger partial charge in [-0.2, -0.15) is 0 Å². The van der Waals surface area contributed by atoms with E-state index in [9.17, 15) is 14.0 Å². The van der Waals surface area contributed by atoms with Gasteiger partial charge in [0.15, 0.2) is 0 Å². The first kappa shape index (κ1) is 15.8. The highest BCUT2D eigenvalue weighted by molar-refractivity contribution is 6.31. The molecule has 1 aromatic carbocycles. The SMILES string of the molecule is CC(C)CC1C(=O)NCC(=O)N1Cc1ccc(F)cc1Cl. The van der Waals surface area contributed by atoms with Gasteiger partial charge in [-0.25, -0.2) is 4.39 Å². The minimum absolute atomic E-state index is 0.00770. The second-order valence-electron chi connectivity index (χ2n) is 5.62. The van der Waals surface area contributed by atoms with E-state index in [1.807, 2.05) is 13.8 Å². The van der Waals surface area contributed by atoms with Crippen LogP contribution in [0.15, 0.2) is 18.2 Å². The summed E-state index contributed by atoms with van der Waals surface area (Å²) in [4.78, 5) is 25.7. The fourth-order valence-corrected chi connectivity index (χ4v) is 2.64. The number of hydrogen-bond acceptors (Lipinski definition) is 2. The molecule has 0 bridgehead atoms. The topological polar surface area (TPSA) is 49.4 Å². The summed E-state index contributed by atoms with van der Waals surface area (Å²) in [6.45, 7) is 4.19. The number of halogens is 2. The van der Waals surface area contributed by atoms with Crippen molar-refractivity contribution < 1.29 is 14.0 Å². The van der Waals surface area contributed by atoms with E-state index in [0.717, 1.165) is 0 Å². The Balaban J connectivity index is 2.24. The molecule has 2 rings (SSSR count). The number of carbonyl (C=O) groups excluding carboxylic acids is 2. The molecule has 0 radical (unpaired) electrons. The highest BCUT2D eigenvalue weighted by Gasteiger charge is 2.34. The van der Waals surface area contributed by atoms with Crippen LogP contribution in [0.25, 0.3) is 0 Å². The first-order valence-corrected chi connectivity index (χ1v) is 7.27. The fourth-order valence-electron chi connectivity index (χ4n) is 2.41. The highest BCUT2D eigenvalue weighted by Crippen LogP contribution is 2.23. The van der Waals surface area contributed by atoms with E-state index in [0.29, 0.717) is 12.0 Å². The predicted molar refractivity (Wildman–Crippen MR) is 78.2 cm³/mol. The maximum absolute atomic E-state index is 13.1. The first-order valence-electron chi connectivity index (χ1n) is 6.89. The van der Waals surface area contributed by atoms with Gasteiger partial charge in [0.1, 0.15) is 11.9 Å². The molecule has 0 aromatic heterocycles. The van der Waals surface area contributed by atoms with E-state index in [-0.39, 0.29) is 35.8 Å². The van der Waals surface area contributed by atoms with E-state index < -0.39 is 11.9 Å². The quantitative estimate of drug-likeness (QED) is 0.928. The van der Waals surface area contributed by atoms with Crippen LogP contribution in [0.4, 0.5) is 4.39 Å². The summed E-state index contributed by atoms with van der Waals surface area (Å²) >= 11 is 6.01. The lowest BCUT2D eigenvalue weighted by Gasteiger charge is -2.36. The van der Waals surface area contributed by atoms with Gasteiger partial charge in [0.05, 0.1) is 6.54 Å². The van der Waals surface area contributed by atoms with Gasteiger partial charge in [-0.3, -0.25) is 9.59 Å². The van der Waals surface area contributed by atoms with E-state index in [1.54, 1.807) is 6.07 Å². The molecule has 114 valence electrons. The molecule has 0 saturated carbocycles. The number of nitrogens with one attached hydrogen (secondary N) is 1. The van der Waals surface area contributed by atoms with Crippen LogP contribution in [0.1, 0.15) is 25.8 Å². The molecule has 1 heterocycles. The van der Waals surface area contributed by atoms with Crippen molar-refractivity contribution in [3.05, 3.63) is 34.6 Å². The number of benzene rings is 1. The van der Waals surface area contributed by atoms with Crippen LogP contribution in [0.2, 0.25) is 5.02 Å². The Morgan fingerprint density at radius 3 is 2.76 bits per heavy atom. The summed E-state index contributed by atoms with van der Waals surface area (Å²) in [6, 6.07) is 3.55. The molecule has 1 N–H and O–H groups in total. The Bertz CT molecular complexity index is 563. The Labute approximate surface area is 128 Å². The molecule has 0 aliphatic carbocycles. The van der Waals surface area contributed by atoms with Crippen molar-refractivity contribution in [3.8, 4) is 0 Å². The lowest BCUT2D eigenvalue weighted by atomic mass is 9.99. The number of amides is 2. The van der Waals surface area contributed by atoms with Crippen LogP contribution in [0.5, 0.6) is 0 Å². The normalized spacial score (nSPS) is 19.1. The molecule has 0 spiro atoms. The van der Waals surface area contributed by atoms with E-state index >= 15 is 0 Å².